The van der Waals surface area contributed by atoms with Gasteiger partial charge in [-0.25, -0.2) is 0 Å². The lowest BCUT2D eigenvalue weighted by Gasteiger charge is -2.32. The van der Waals surface area contributed by atoms with E-state index in [2.05, 4.69) is 29.8 Å². The van der Waals surface area contributed by atoms with Gasteiger partial charge >= 0.3 is 21.1 Å². The van der Waals surface area contributed by atoms with Crippen molar-refractivity contribution in [3.8, 4) is 23.0 Å². The summed E-state index contributed by atoms with van der Waals surface area (Å²) >= 11 is 3.52. The van der Waals surface area contributed by atoms with E-state index in [0.29, 0.717) is 33.2 Å². The van der Waals surface area contributed by atoms with Crippen LogP contribution in [0.3, 0.4) is 0 Å². The van der Waals surface area contributed by atoms with Crippen LogP contribution in [0.2, 0.25) is 0 Å². The summed E-state index contributed by atoms with van der Waals surface area (Å²) in [6.07, 6.45) is 0. The number of benzene rings is 4. The molecule has 16 heteroatoms. The van der Waals surface area contributed by atoms with E-state index in [0.717, 1.165) is 44.1 Å². The van der Waals surface area contributed by atoms with Crippen LogP contribution in [-0.2, 0) is 60.1 Å². The monoisotopic (exact) mass is 1020 g/mol. The molecule has 7 rings (SSSR count). The Kier molecular flexibility index (Phi) is 20.7. The Labute approximate surface area is 425 Å². The van der Waals surface area contributed by atoms with Crippen LogP contribution in [0.1, 0.15) is 128 Å². The molecule has 0 atom stereocenters. The molecule has 4 aromatic rings. The molecule has 0 aromatic heterocycles. The molecule has 380 valence electrons. The molecule has 0 unspecified atom stereocenters. The molecule has 69 heavy (non-hydrogen) atoms. The van der Waals surface area contributed by atoms with Crippen LogP contribution in [-0.4, -0.2) is 81.5 Å². The number of hydrogen-bond acceptors (Lipinski definition) is 12. The quantitative estimate of drug-likeness (QED) is 0.0605. The van der Waals surface area contributed by atoms with Gasteiger partial charge in [0.25, 0.3) is 0 Å². The molecule has 3 fully saturated rings. The molecule has 3 saturated heterocycles. The van der Waals surface area contributed by atoms with Crippen molar-refractivity contribution in [3.63, 3.8) is 0 Å². The second kappa shape index (κ2) is 24.5. The minimum Gasteiger partial charge on any atom is -0.457 e. The first-order valence-corrected chi connectivity index (χ1v) is 24.4. The number of hydrogen-bond donors (Lipinski definition) is 0. The number of rotatable bonds is 16. The Morgan fingerprint density at radius 3 is 1.17 bits per heavy atom. The molecule has 0 N–H and O–H groups in total. The van der Waals surface area contributed by atoms with Gasteiger partial charge in [-0.1, -0.05) is 64.8 Å². The average Bonchev–Trinajstić information content (AvgIpc) is 3.73. The zero-order valence-corrected chi connectivity index (χ0v) is 44.9. The molecule has 3 aliphatic heterocycles. The van der Waals surface area contributed by atoms with Gasteiger partial charge in [0.2, 0.25) is 0 Å². The van der Waals surface area contributed by atoms with Crippen molar-refractivity contribution in [1.82, 2.24) is 0 Å². The lowest BCUT2D eigenvalue weighted by atomic mass is 9.49. The topological polar surface area (TPSA) is 111 Å². The van der Waals surface area contributed by atoms with Gasteiger partial charge in [0.1, 0.15) is 36.6 Å². The molecule has 0 amide bonds. The lowest BCUT2D eigenvalue weighted by molar-refractivity contribution is -0.0573. The fourth-order valence-corrected chi connectivity index (χ4v) is 7.13. The smallest absolute Gasteiger partial charge is 0.457 e. The van der Waals surface area contributed by atoms with Gasteiger partial charge in [-0.05, 0) is 182 Å². The Balaban J connectivity index is 0.000000283. The molecule has 4 aromatic carbocycles. The standard InChI is InChI=1S/C23H31BO5.C17H19BrO3.C12H24B2O4.CH4.H2/c1-7-25-16-26-15-18-14-20(27-19-10-8-17(2)9-11-19)12-13-21(18)24-28-22(3,4)23(5,6)29-24;1-3-19-12-20-11-14-10-16(8-9-17(14)18)21-15-6-4-13(2)5-7-15;1-9(2)10(3,4)16-13(15-9)14-17-11(5,6)12(7,8)18-14;;/h8-14H,7,15-16H2,1-6H3;4-10H,3,11-12H2,1-2H3;1-8H3;1H4;1H/i;;;;1+1. The van der Waals surface area contributed by atoms with Gasteiger partial charge in [-0.15, -0.1) is 0 Å². The van der Waals surface area contributed by atoms with Gasteiger partial charge in [0.15, 0.2) is 0 Å². The zero-order chi connectivity index (χ0) is 50.1. The highest BCUT2D eigenvalue weighted by molar-refractivity contribution is 9.10. The summed E-state index contributed by atoms with van der Waals surface area (Å²) in [4.78, 5) is 0. The van der Waals surface area contributed by atoms with Crippen molar-refractivity contribution in [2.24, 2.45) is 0 Å². The van der Waals surface area contributed by atoms with E-state index in [1.807, 2.05) is 182 Å². The molecule has 0 spiro atoms. The third-order valence-corrected chi connectivity index (χ3v) is 13.9. The summed E-state index contributed by atoms with van der Waals surface area (Å²) in [6, 6.07) is 27.7. The van der Waals surface area contributed by atoms with Crippen LogP contribution in [0, 0.1) is 13.8 Å². The Morgan fingerprint density at radius 2 is 0.783 bits per heavy atom. The molecule has 12 nitrogen and oxygen atoms in total. The highest BCUT2D eigenvalue weighted by Crippen LogP contribution is 2.43. The van der Waals surface area contributed by atoms with E-state index in [4.69, 9.17) is 56.3 Å². The van der Waals surface area contributed by atoms with Crippen molar-refractivity contribution in [2.75, 3.05) is 26.8 Å². The second-order valence-electron chi connectivity index (χ2n) is 20.2. The highest BCUT2D eigenvalue weighted by atomic mass is 79.9. The molecular weight excluding hydrogens is 941 g/mol. The number of halogens is 1. The summed E-state index contributed by atoms with van der Waals surface area (Å²) in [6.45, 7) is 35.0. The summed E-state index contributed by atoms with van der Waals surface area (Å²) in [7, 11) is -1.41. The Bertz CT molecular complexity index is 2140. The van der Waals surface area contributed by atoms with E-state index in [1.165, 1.54) is 11.1 Å². The SMILES string of the molecule is C.CC1(C)OB(B2OC(C)(C)C(C)(C)O2)OC1(C)C.CCOCOCc1cc(Oc2ccc(C)cc2)ccc1B1OC(C)(C)C(C)(C)O1.CCOCOCc1cc(Oc2ccc(C)cc2)ccc1Br.[2HH]. The zero-order valence-electron chi connectivity index (χ0n) is 43.3. The predicted octanol–water partition coefficient (Wildman–Crippen LogP) is 12.8. The van der Waals surface area contributed by atoms with Gasteiger partial charge < -0.3 is 56.3 Å². The number of ether oxygens (including phenoxy) is 6. The fraction of sp³-hybridized carbons (Fsp3) is 0.547. The van der Waals surface area contributed by atoms with Gasteiger partial charge in [0.05, 0.1) is 46.8 Å². The minimum absolute atomic E-state index is 0. The maximum Gasteiger partial charge on any atom is 0.495 e. The molecule has 0 radical (unpaired) electrons. The average molecular weight is 1020 g/mol. The maximum atomic E-state index is 6.24. The summed E-state index contributed by atoms with van der Waals surface area (Å²) in [5.41, 5.74) is 3.08. The minimum atomic E-state index is -0.476. The third-order valence-electron chi connectivity index (χ3n) is 13.2. The van der Waals surface area contributed by atoms with Gasteiger partial charge in [-0.3, -0.25) is 0 Å². The van der Waals surface area contributed by atoms with E-state index in [-0.39, 0.29) is 38.1 Å². The molecule has 3 aliphatic rings. The van der Waals surface area contributed by atoms with Gasteiger partial charge in [-0.2, -0.15) is 0 Å². The first kappa shape index (κ1) is 58.3. The van der Waals surface area contributed by atoms with E-state index >= 15 is 0 Å². The second-order valence-corrected chi connectivity index (χ2v) is 21.1. The predicted molar refractivity (Wildman–Crippen MR) is 282 cm³/mol. The molecule has 3 heterocycles. The third kappa shape index (κ3) is 15.6. The van der Waals surface area contributed by atoms with Crippen LogP contribution in [0.15, 0.2) is 89.4 Å². The van der Waals surface area contributed by atoms with Crippen molar-refractivity contribution in [2.45, 2.75) is 165 Å². The summed E-state index contributed by atoms with van der Waals surface area (Å²) in [5, 5.41) is 0. The van der Waals surface area contributed by atoms with Crippen LogP contribution in [0.4, 0.5) is 0 Å². The maximum absolute atomic E-state index is 6.24. The highest BCUT2D eigenvalue weighted by Gasteiger charge is 2.63. The Hall–Kier alpha value is -3.25. The van der Waals surface area contributed by atoms with Crippen LogP contribution < -0.4 is 14.9 Å². The normalized spacial score (nSPS) is 18.9. The van der Waals surface area contributed by atoms with Crippen molar-refractivity contribution < 1.29 is 57.8 Å². The summed E-state index contributed by atoms with van der Waals surface area (Å²) in [5.74, 6) is 3.14. The van der Waals surface area contributed by atoms with E-state index in [9.17, 15) is 0 Å². The fourth-order valence-electron chi connectivity index (χ4n) is 6.77. The largest absolute Gasteiger partial charge is 0.495 e. The number of aryl methyl sites for hydroxylation is 2. The molecule has 0 saturated carbocycles. The van der Waals surface area contributed by atoms with Crippen molar-refractivity contribution in [3.05, 3.63) is 112 Å². The van der Waals surface area contributed by atoms with E-state index in [1.54, 1.807) is 0 Å². The van der Waals surface area contributed by atoms with Crippen LogP contribution in [0.5, 0.6) is 23.0 Å². The lowest BCUT2D eigenvalue weighted by Crippen LogP contribution is -2.41. The first-order valence-electron chi connectivity index (χ1n) is 23.6. The van der Waals surface area contributed by atoms with Gasteiger partial charge in [0, 0.05) is 19.1 Å². The first-order chi connectivity index (χ1) is 31.8. The van der Waals surface area contributed by atoms with Crippen LogP contribution in [0.25, 0.3) is 0 Å². The summed E-state index contributed by atoms with van der Waals surface area (Å²) < 4.78 is 70.8. The molecule has 0 bridgehead atoms. The van der Waals surface area contributed by atoms with Crippen molar-refractivity contribution in [1.29, 1.82) is 0 Å². The molecular formula is C53H80B3BrO12. The molecule has 0 aliphatic carbocycles. The van der Waals surface area contributed by atoms with Crippen molar-refractivity contribution >= 4 is 42.5 Å². The van der Waals surface area contributed by atoms with E-state index < -0.39 is 32.3 Å². The van der Waals surface area contributed by atoms with Crippen LogP contribution >= 0.6 is 15.9 Å². The Morgan fingerprint density at radius 1 is 0.449 bits per heavy atom.